The zero-order valence-electron chi connectivity index (χ0n) is 12.1. The van der Waals surface area contributed by atoms with E-state index in [1.165, 1.54) is 5.39 Å². The second-order valence-corrected chi connectivity index (χ2v) is 6.25. The van der Waals surface area contributed by atoms with E-state index in [1.807, 2.05) is 18.2 Å². The number of aromatic amines is 1. The smallest absolute Gasteiger partial charge is 0.119 e. The first-order valence-electron chi connectivity index (χ1n) is 6.87. The van der Waals surface area contributed by atoms with Crippen LogP contribution in [0.2, 0.25) is 0 Å². The van der Waals surface area contributed by atoms with Gasteiger partial charge in [0.2, 0.25) is 0 Å². The van der Waals surface area contributed by atoms with Crippen LogP contribution in [0.5, 0.6) is 5.75 Å². The fourth-order valence-corrected chi connectivity index (χ4v) is 2.53. The van der Waals surface area contributed by atoms with E-state index < -0.39 is 0 Å². The number of benzene rings is 2. The molecule has 0 aliphatic carbocycles. The lowest BCUT2D eigenvalue weighted by Crippen LogP contribution is -2.11. The largest absolute Gasteiger partial charge is 0.508 e. The number of phenols is 1. The van der Waals surface area contributed by atoms with Crippen LogP contribution >= 0.6 is 0 Å². The normalized spacial score (nSPS) is 11.9. The first kappa shape index (κ1) is 12.8. The highest BCUT2D eigenvalue weighted by Gasteiger charge is 2.19. The van der Waals surface area contributed by atoms with Crippen LogP contribution in [0.25, 0.3) is 22.2 Å². The fourth-order valence-electron chi connectivity index (χ4n) is 2.53. The third kappa shape index (κ3) is 2.18. The molecule has 20 heavy (non-hydrogen) atoms. The van der Waals surface area contributed by atoms with Gasteiger partial charge < -0.3 is 10.1 Å². The molecule has 2 nitrogen and oxygen atoms in total. The average molecular weight is 265 g/mol. The Bertz CT molecular complexity index is 729. The van der Waals surface area contributed by atoms with Crippen molar-refractivity contribution in [3.63, 3.8) is 0 Å². The van der Waals surface area contributed by atoms with Crippen LogP contribution in [0.1, 0.15) is 26.3 Å². The number of H-pyrrole nitrogens is 1. The maximum atomic E-state index is 10.0. The van der Waals surface area contributed by atoms with Crippen molar-refractivity contribution in [3.8, 4) is 17.0 Å². The first-order valence-corrected chi connectivity index (χ1v) is 6.87. The van der Waals surface area contributed by atoms with E-state index in [0.29, 0.717) is 5.75 Å². The summed E-state index contributed by atoms with van der Waals surface area (Å²) in [6, 6.07) is 16.2. The Balaban J connectivity index is 2.14. The Morgan fingerprint density at radius 3 is 2.40 bits per heavy atom. The summed E-state index contributed by atoms with van der Waals surface area (Å²) in [5, 5.41) is 11.2. The molecule has 0 fully saturated rings. The van der Waals surface area contributed by atoms with Gasteiger partial charge in [-0.2, -0.15) is 0 Å². The molecule has 102 valence electrons. The topological polar surface area (TPSA) is 36.0 Å². The molecular weight excluding hydrogens is 246 g/mol. The van der Waals surface area contributed by atoms with Gasteiger partial charge in [-0.15, -0.1) is 0 Å². The quantitative estimate of drug-likeness (QED) is 0.649. The number of nitrogens with one attached hydrogen (secondary N) is 1. The zero-order chi connectivity index (χ0) is 14.3. The minimum absolute atomic E-state index is 0.0773. The summed E-state index contributed by atoms with van der Waals surface area (Å²) >= 11 is 0. The first-order chi connectivity index (χ1) is 9.45. The minimum Gasteiger partial charge on any atom is -0.508 e. The van der Waals surface area contributed by atoms with Crippen LogP contribution in [-0.2, 0) is 5.41 Å². The van der Waals surface area contributed by atoms with Crippen LogP contribution < -0.4 is 0 Å². The van der Waals surface area contributed by atoms with Crippen LogP contribution in [0.15, 0.2) is 48.5 Å². The zero-order valence-corrected chi connectivity index (χ0v) is 12.1. The van der Waals surface area contributed by atoms with Crippen LogP contribution in [0.4, 0.5) is 0 Å². The van der Waals surface area contributed by atoms with E-state index in [2.05, 4.69) is 50.0 Å². The molecule has 2 aromatic carbocycles. The lowest BCUT2D eigenvalue weighted by atomic mass is 9.85. The molecule has 3 rings (SSSR count). The molecule has 1 heterocycles. The Morgan fingerprint density at radius 2 is 1.70 bits per heavy atom. The molecule has 0 saturated carbocycles. The molecule has 0 saturated heterocycles. The number of aromatic hydroxyl groups is 1. The molecule has 0 amide bonds. The fraction of sp³-hybridized carbons (Fsp3) is 0.222. The predicted octanol–water partition coefficient (Wildman–Crippen LogP) is 4.84. The highest BCUT2D eigenvalue weighted by atomic mass is 16.3. The minimum atomic E-state index is -0.0773. The van der Waals surface area contributed by atoms with E-state index >= 15 is 0 Å². The molecule has 3 aromatic rings. The molecule has 0 radical (unpaired) electrons. The van der Waals surface area contributed by atoms with Gasteiger partial charge in [-0.1, -0.05) is 39.0 Å². The average Bonchev–Trinajstić information content (AvgIpc) is 2.81. The molecule has 0 spiro atoms. The maximum absolute atomic E-state index is 10.0. The van der Waals surface area contributed by atoms with Gasteiger partial charge in [0.05, 0.1) is 0 Å². The highest BCUT2D eigenvalue weighted by molar-refractivity contribution is 5.86. The Labute approximate surface area is 119 Å². The van der Waals surface area contributed by atoms with Crippen molar-refractivity contribution in [3.05, 3.63) is 54.1 Å². The summed E-state index contributed by atoms with van der Waals surface area (Å²) in [7, 11) is 0. The molecule has 0 bridgehead atoms. The third-order valence-corrected chi connectivity index (χ3v) is 3.65. The Morgan fingerprint density at radius 1 is 0.950 bits per heavy atom. The predicted molar refractivity (Wildman–Crippen MR) is 84.1 cm³/mol. The van der Waals surface area contributed by atoms with Crippen molar-refractivity contribution in [1.29, 1.82) is 0 Å². The Hall–Kier alpha value is -2.22. The van der Waals surface area contributed by atoms with Crippen LogP contribution in [0, 0.1) is 0 Å². The second-order valence-electron chi connectivity index (χ2n) is 6.25. The number of hydrogen-bond acceptors (Lipinski definition) is 1. The van der Waals surface area contributed by atoms with Gasteiger partial charge in [0.25, 0.3) is 0 Å². The molecule has 2 N–H and O–H groups in total. The lowest BCUT2D eigenvalue weighted by Gasteiger charge is -2.21. The number of aromatic nitrogens is 1. The lowest BCUT2D eigenvalue weighted by molar-refractivity contribution is 0.447. The molecule has 0 atom stereocenters. The highest BCUT2D eigenvalue weighted by Crippen LogP contribution is 2.34. The number of para-hydroxylation sites is 1. The summed E-state index contributed by atoms with van der Waals surface area (Å²) in [5.74, 6) is 0.359. The number of hydrogen-bond donors (Lipinski definition) is 2. The molecule has 2 heteroatoms. The summed E-state index contributed by atoms with van der Waals surface area (Å²) in [5.41, 5.74) is 4.20. The van der Waals surface area contributed by atoms with Gasteiger partial charge in [0.1, 0.15) is 5.75 Å². The van der Waals surface area contributed by atoms with Crippen LogP contribution in [-0.4, -0.2) is 10.1 Å². The van der Waals surface area contributed by atoms with Gasteiger partial charge in [-0.3, -0.25) is 0 Å². The molecule has 1 aromatic heterocycles. The number of phenolic OH excluding ortho intramolecular Hbond substituents is 1. The standard InChI is InChI=1S/C18H19NO/c1-18(2,3)14-10-13(8-9-17(14)20)16-11-12-6-4-5-7-15(12)19-16/h4-11,19-20H,1-3H3. The van der Waals surface area contributed by atoms with Gasteiger partial charge in [-0.05, 0) is 46.9 Å². The summed E-state index contributed by atoms with van der Waals surface area (Å²) in [6.45, 7) is 6.32. The molecule has 0 aliphatic rings. The van der Waals surface area contributed by atoms with Crippen molar-refractivity contribution in [1.82, 2.24) is 4.98 Å². The van der Waals surface area contributed by atoms with Crippen molar-refractivity contribution >= 4 is 10.9 Å². The van der Waals surface area contributed by atoms with Crippen LogP contribution in [0.3, 0.4) is 0 Å². The van der Waals surface area contributed by atoms with E-state index in [4.69, 9.17) is 0 Å². The Kier molecular flexibility index (Phi) is 2.82. The monoisotopic (exact) mass is 265 g/mol. The number of rotatable bonds is 1. The van der Waals surface area contributed by atoms with E-state index in [9.17, 15) is 5.11 Å². The van der Waals surface area contributed by atoms with E-state index in [0.717, 1.165) is 22.3 Å². The molecular formula is C18H19NO. The van der Waals surface area contributed by atoms with Crippen molar-refractivity contribution in [2.45, 2.75) is 26.2 Å². The summed E-state index contributed by atoms with van der Waals surface area (Å²) in [6.07, 6.45) is 0. The van der Waals surface area contributed by atoms with Gasteiger partial charge in [-0.25, -0.2) is 0 Å². The molecule has 0 unspecified atom stereocenters. The van der Waals surface area contributed by atoms with Crippen molar-refractivity contribution < 1.29 is 5.11 Å². The summed E-state index contributed by atoms with van der Waals surface area (Å²) in [4.78, 5) is 3.43. The van der Waals surface area contributed by atoms with E-state index in [1.54, 1.807) is 6.07 Å². The second kappa shape index (κ2) is 4.41. The van der Waals surface area contributed by atoms with Crippen molar-refractivity contribution in [2.75, 3.05) is 0 Å². The third-order valence-electron chi connectivity index (χ3n) is 3.65. The molecule has 0 aliphatic heterocycles. The van der Waals surface area contributed by atoms with Gasteiger partial charge in [0.15, 0.2) is 0 Å². The summed E-state index contributed by atoms with van der Waals surface area (Å²) < 4.78 is 0. The van der Waals surface area contributed by atoms with E-state index in [-0.39, 0.29) is 5.41 Å². The number of fused-ring (bicyclic) bond motifs is 1. The maximum Gasteiger partial charge on any atom is 0.119 e. The van der Waals surface area contributed by atoms with Gasteiger partial charge in [0, 0.05) is 16.6 Å². The SMILES string of the molecule is CC(C)(C)c1cc(-c2cc3ccccc3[nH]2)ccc1O. The van der Waals surface area contributed by atoms with Crippen molar-refractivity contribution in [2.24, 2.45) is 0 Å². The van der Waals surface area contributed by atoms with Gasteiger partial charge >= 0.3 is 0 Å².